The summed E-state index contributed by atoms with van der Waals surface area (Å²) in [5, 5.41) is 8.82. The fourth-order valence-electron chi connectivity index (χ4n) is 1.37. The summed E-state index contributed by atoms with van der Waals surface area (Å²) in [4.78, 5) is 19.8. The van der Waals surface area contributed by atoms with Gasteiger partial charge in [-0.3, -0.25) is 0 Å². The lowest BCUT2D eigenvalue weighted by atomic mass is 10.3. The fourth-order valence-corrected chi connectivity index (χ4v) is 2.74. The zero-order valence-corrected chi connectivity index (χ0v) is 12.1. The number of nitrogen functional groups attached to an aromatic ring is 1. The van der Waals surface area contributed by atoms with Crippen LogP contribution in [-0.2, 0) is 5.75 Å². The van der Waals surface area contributed by atoms with E-state index in [-0.39, 0.29) is 11.4 Å². The highest BCUT2D eigenvalue weighted by atomic mass is 79.9. The van der Waals surface area contributed by atoms with Gasteiger partial charge in [-0.15, -0.1) is 11.8 Å². The van der Waals surface area contributed by atoms with E-state index in [1.54, 1.807) is 11.8 Å². The SMILES string of the molecule is Nc1nc(CSc2cccc(Br)c2)ncc1C(=O)O. The number of halogens is 1. The van der Waals surface area contributed by atoms with Gasteiger partial charge in [0.2, 0.25) is 0 Å². The Morgan fingerprint density at radius 2 is 2.26 bits per heavy atom. The van der Waals surface area contributed by atoms with E-state index in [9.17, 15) is 4.79 Å². The van der Waals surface area contributed by atoms with Gasteiger partial charge in [-0.25, -0.2) is 14.8 Å². The number of carboxylic acid groups (broad SMARTS) is 1. The number of benzene rings is 1. The number of hydrogen-bond acceptors (Lipinski definition) is 5. The second-order valence-electron chi connectivity index (χ2n) is 3.64. The van der Waals surface area contributed by atoms with E-state index in [0.29, 0.717) is 11.6 Å². The largest absolute Gasteiger partial charge is 0.477 e. The lowest BCUT2D eigenvalue weighted by Crippen LogP contribution is -2.07. The summed E-state index contributed by atoms with van der Waals surface area (Å²) in [5.41, 5.74) is 5.49. The molecule has 0 saturated heterocycles. The topological polar surface area (TPSA) is 89.1 Å². The molecule has 1 heterocycles. The normalized spacial score (nSPS) is 10.4. The Morgan fingerprint density at radius 3 is 2.89 bits per heavy atom. The number of nitrogens with zero attached hydrogens (tertiary/aromatic N) is 2. The summed E-state index contributed by atoms with van der Waals surface area (Å²) < 4.78 is 0.999. The van der Waals surface area contributed by atoms with Gasteiger partial charge in [0, 0.05) is 15.6 Å². The molecule has 7 heteroatoms. The van der Waals surface area contributed by atoms with Crippen molar-refractivity contribution in [1.29, 1.82) is 0 Å². The molecule has 3 N–H and O–H groups in total. The standard InChI is InChI=1S/C12H10BrN3O2S/c13-7-2-1-3-8(4-7)19-6-10-15-5-9(12(17)18)11(14)16-10/h1-5H,6H2,(H,17,18)(H2,14,15,16). The molecule has 0 atom stereocenters. The molecule has 0 bridgehead atoms. The summed E-state index contributed by atoms with van der Waals surface area (Å²) in [5.74, 6) is -0.0934. The minimum Gasteiger partial charge on any atom is -0.477 e. The molecule has 0 fully saturated rings. The number of hydrogen-bond donors (Lipinski definition) is 2. The van der Waals surface area contributed by atoms with Gasteiger partial charge in [0.15, 0.2) is 0 Å². The third-order valence-corrected chi connectivity index (χ3v) is 3.75. The number of nitrogens with two attached hydrogens (primary N) is 1. The van der Waals surface area contributed by atoms with Crippen molar-refractivity contribution in [2.45, 2.75) is 10.6 Å². The highest BCUT2D eigenvalue weighted by molar-refractivity contribution is 9.10. The fraction of sp³-hybridized carbons (Fsp3) is 0.0833. The van der Waals surface area contributed by atoms with Crippen LogP contribution in [0.5, 0.6) is 0 Å². The van der Waals surface area contributed by atoms with Crippen LogP contribution in [0.4, 0.5) is 5.82 Å². The average Bonchev–Trinajstić information content (AvgIpc) is 2.36. The van der Waals surface area contributed by atoms with Gasteiger partial charge in [0.25, 0.3) is 0 Å². The Balaban J connectivity index is 2.08. The summed E-state index contributed by atoms with van der Waals surface area (Å²) >= 11 is 4.95. The van der Waals surface area contributed by atoms with Crippen LogP contribution in [0.25, 0.3) is 0 Å². The molecular formula is C12H10BrN3O2S. The lowest BCUT2D eigenvalue weighted by Gasteiger charge is -2.04. The zero-order valence-electron chi connectivity index (χ0n) is 9.71. The molecule has 2 aromatic rings. The van der Waals surface area contributed by atoms with E-state index in [1.807, 2.05) is 24.3 Å². The number of aromatic nitrogens is 2. The minimum absolute atomic E-state index is 0.00709. The number of carboxylic acids is 1. The molecule has 0 saturated carbocycles. The smallest absolute Gasteiger partial charge is 0.341 e. The van der Waals surface area contributed by atoms with Gasteiger partial charge in [-0.05, 0) is 18.2 Å². The van der Waals surface area contributed by atoms with Gasteiger partial charge >= 0.3 is 5.97 Å². The molecule has 0 aliphatic rings. The van der Waals surface area contributed by atoms with Crippen molar-refractivity contribution >= 4 is 39.5 Å². The monoisotopic (exact) mass is 339 g/mol. The van der Waals surface area contributed by atoms with Crippen LogP contribution in [0, 0.1) is 0 Å². The molecule has 5 nitrogen and oxygen atoms in total. The Labute approximate surface area is 122 Å². The summed E-state index contributed by atoms with van der Waals surface area (Å²) in [6.45, 7) is 0. The highest BCUT2D eigenvalue weighted by Crippen LogP contribution is 2.24. The van der Waals surface area contributed by atoms with Crippen LogP contribution in [0.15, 0.2) is 39.8 Å². The molecule has 0 unspecified atom stereocenters. The van der Waals surface area contributed by atoms with Crippen LogP contribution in [0.3, 0.4) is 0 Å². The molecule has 0 aliphatic carbocycles. The quantitative estimate of drug-likeness (QED) is 0.832. The van der Waals surface area contributed by atoms with Gasteiger partial charge in [-0.1, -0.05) is 22.0 Å². The maximum Gasteiger partial charge on any atom is 0.341 e. The molecule has 0 spiro atoms. The molecule has 98 valence electrons. The number of thioether (sulfide) groups is 1. The second-order valence-corrected chi connectivity index (χ2v) is 5.60. The van der Waals surface area contributed by atoms with Crippen molar-refractivity contribution in [3.8, 4) is 0 Å². The van der Waals surface area contributed by atoms with Crippen molar-refractivity contribution in [2.24, 2.45) is 0 Å². The van der Waals surface area contributed by atoms with Crippen LogP contribution < -0.4 is 5.73 Å². The van der Waals surface area contributed by atoms with Crippen molar-refractivity contribution in [2.75, 3.05) is 5.73 Å². The minimum atomic E-state index is -1.12. The maximum absolute atomic E-state index is 10.8. The molecular weight excluding hydrogens is 330 g/mol. The molecule has 1 aromatic carbocycles. The summed E-state index contributed by atoms with van der Waals surface area (Å²) in [6, 6.07) is 7.85. The van der Waals surface area contributed by atoms with E-state index < -0.39 is 5.97 Å². The predicted octanol–water partition coefficient (Wildman–Crippen LogP) is 2.81. The molecule has 2 rings (SSSR count). The molecule has 0 aliphatic heterocycles. The number of aromatic carboxylic acids is 1. The van der Waals surface area contributed by atoms with Crippen molar-refractivity contribution < 1.29 is 9.90 Å². The van der Waals surface area contributed by atoms with E-state index >= 15 is 0 Å². The van der Waals surface area contributed by atoms with E-state index in [4.69, 9.17) is 10.8 Å². The van der Waals surface area contributed by atoms with Crippen LogP contribution >= 0.6 is 27.7 Å². The third-order valence-electron chi connectivity index (χ3n) is 2.26. The van der Waals surface area contributed by atoms with Gasteiger partial charge < -0.3 is 10.8 Å². The van der Waals surface area contributed by atoms with Crippen molar-refractivity contribution in [1.82, 2.24) is 9.97 Å². The first-order chi connectivity index (χ1) is 9.06. The lowest BCUT2D eigenvalue weighted by molar-refractivity contribution is 0.0697. The van der Waals surface area contributed by atoms with Crippen molar-refractivity contribution in [3.63, 3.8) is 0 Å². The van der Waals surface area contributed by atoms with Crippen LogP contribution in [0.2, 0.25) is 0 Å². The summed E-state index contributed by atoms with van der Waals surface area (Å²) in [6.07, 6.45) is 1.24. The van der Waals surface area contributed by atoms with Gasteiger partial charge in [-0.2, -0.15) is 0 Å². The number of carbonyl (C=O) groups is 1. The molecule has 0 radical (unpaired) electrons. The summed E-state index contributed by atoms with van der Waals surface area (Å²) in [7, 11) is 0. The molecule has 19 heavy (non-hydrogen) atoms. The third kappa shape index (κ3) is 3.68. The first kappa shape index (κ1) is 13.8. The van der Waals surface area contributed by atoms with E-state index in [1.165, 1.54) is 6.20 Å². The van der Waals surface area contributed by atoms with Crippen LogP contribution in [0.1, 0.15) is 16.2 Å². The van der Waals surface area contributed by atoms with Crippen LogP contribution in [-0.4, -0.2) is 21.0 Å². The highest BCUT2D eigenvalue weighted by Gasteiger charge is 2.10. The Bertz CT molecular complexity index is 622. The Morgan fingerprint density at radius 1 is 1.47 bits per heavy atom. The van der Waals surface area contributed by atoms with E-state index in [0.717, 1.165) is 9.37 Å². The maximum atomic E-state index is 10.8. The zero-order chi connectivity index (χ0) is 13.8. The average molecular weight is 340 g/mol. The molecule has 1 aromatic heterocycles. The van der Waals surface area contributed by atoms with E-state index in [2.05, 4.69) is 25.9 Å². The first-order valence-corrected chi connectivity index (χ1v) is 7.07. The van der Waals surface area contributed by atoms with Gasteiger partial charge in [0.05, 0.1) is 5.75 Å². The van der Waals surface area contributed by atoms with Gasteiger partial charge in [0.1, 0.15) is 17.2 Å². The number of anilines is 1. The van der Waals surface area contributed by atoms with Crippen molar-refractivity contribution in [3.05, 3.63) is 46.3 Å². The molecule has 0 amide bonds. The predicted molar refractivity (Wildman–Crippen MR) is 77.1 cm³/mol. The second kappa shape index (κ2) is 6.03. The Kier molecular flexibility index (Phi) is 4.39. The first-order valence-electron chi connectivity index (χ1n) is 5.29. The Hall–Kier alpha value is -1.60. The number of rotatable bonds is 4.